The zero-order valence-corrected chi connectivity index (χ0v) is 17.0. The summed E-state index contributed by atoms with van der Waals surface area (Å²) in [4.78, 5) is 49.6. The van der Waals surface area contributed by atoms with Crippen molar-refractivity contribution in [1.29, 1.82) is 0 Å². The van der Waals surface area contributed by atoms with Gasteiger partial charge in [-0.25, -0.2) is 0 Å². The fourth-order valence-electron chi connectivity index (χ4n) is 3.96. The lowest BCUT2D eigenvalue weighted by molar-refractivity contribution is -0.149. The molecule has 156 valence electrons. The molecule has 0 unspecified atom stereocenters. The molecule has 1 aromatic carbocycles. The minimum atomic E-state index is -0.606. The standard InChI is InChI=1S/C21H25ClN2O5/c22-15-5-3-4-14(12-15)8-10-23-18(25)13-29-19(26)9-11-24-20(27)16-6-1-2-7-17(16)21(24)28/h3-5,12,16-17H,1-2,6-11,13H2,(H,23,25)/t16-,17+. The molecule has 29 heavy (non-hydrogen) atoms. The third-order valence-electron chi connectivity index (χ3n) is 5.46. The predicted octanol–water partition coefficient (Wildman–Crippen LogP) is 2.11. The topological polar surface area (TPSA) is 92.8 Å². The average molecular weight is 421 g/mol. The maximum Gasteiger partial charge on any atom is 0.308 e. The van der Waals surface area contributed by atoms with E-state index in [1.165, 1.54) is 4.90 Å². The molecule has 2 fully saturated rings. The molecule has 1 N–H and O–H groups in total. The van der Waals surface area contributed by atoms with E-state index >= 15 is 0 Å². The third-order valence-corrected chi connectivity index (χ3v) is 5.70. The highest BCUT2D eigenvalue weighted by atomic mass is 35.5. The number of carbonyl (C=O) groups excluding carboxylic acids is 4. The Bertz CT molecular complexity index is 773. The molecule has 0 aromatic heterocycles. The van der Waals surface area contributed by atoms with E-state index in [-0.39, 0.29) is 43.2 Å². The van der Waals surface area contributed by atoms with Gasteiger partial charge in [-0.2, -0.15) is 0 Å². The van der Waals surface area contributed by atoms with Crippen molar-refractivity contribution in [3.05, 3.63) is 34.9 Å². The number of carbonyl (C=O) groups is 4. The number of fused-ring (bicyclic) bond motifs is 1. The molecule has 8 heteroatoms. The number of ether oxygens (including phenoxy) is 1. The van der Waals surface area contributed by atoms with Crippen LogP contribution >= 0.6 is 11.6 Å². The van der Waals surface area contributed by atoms with Crippen molar-refractivity contribution < 1.29 is 23.9 Å². The van der Waals surface area contributed by atoms with Crippen LogP contribution in [0, 0.1) is 11.8 Å². The zero-order chi connectivity index (χ0) is 20.8. The van der Waals surface area contributed by atoms with Crippen LogP contribution in [0.4, 0.5) is 0 Å². The molecule has 1 heterocycles. The van der Waals surface area contributed by atoms with Gasteiger partial charge >= 0.3 is 5.97 Å². The van der Waals surface area contributed by atoms with Gasteiger partial charge in [0.05, 0.1) is 18.3 Å². The molecule has 1 aliphatic carbocycles. The summed E-state index contributed by atoms with van der Waals surface area (Å²) < 4.78 is 4.95. The first-order valence-electron chi connectivity index (χ1n) is 9.97. The average Bonchev–Trinajstić information content (AvgIpc) is 2.95. The van der Waals surface area contributed by atoms with Gasteiger partial charge in [-0.1, -0.05) is 36.6 Å². The van der Waals surface area contributed by atoms with Gasteiger partial charge in [0.1, 0.15) is 0 Å². The lowest BCUT2D eigenvalue weighted by Crippen LogP contribution is -2.34. The molecule has 7 nitrogen and oxygen atoms in total. The Kier molecular flexibility index (Phi) is 7.25. The van der Waals surface area contributed by atoms with Gasteiger partial charge in [0, 0.05) is 18.1 Å². The summed E-state index contributed by atoms with van der Waals surface area (Å²) in [7, 11) is 0. The normalized spacial score (nSPS) is 21.1. The SMILES string of the molecule is O=C(COC(=O)CCN1C(=O)[C@H]2CCCC[C@H]2C1=O)NCCc1cccc(Cl)c1. The highest BCUT2D eigenvalue weighted by Gasteiger charge is 2.47. The maximum absolute atomic E-state index is 12.4. The number of nitrogens with zero attached hydrogens (tertiary/aromatic N) is 1. The summed E-state index contributed by atoms with van der Waals surface area (Å²) in [5, 5.41) is 3.31. The first-order valence-corrected chi connectivity index (χ1v) is 10.4. The van der Waals surface area contributed by atoms with Crippen LogP contribution in [0.5, 0.6) is 0 Å². The van der Waals surface area contributed by atoms with E-state index in [0.717, 1.165) is 31.2 Å². The second-order valence-corrected chi connectivity index (χ2v) is 7.90. The first kappa shape index (κ1) is 21.3. The van der Waals surface area contributed by atoms with Crippen LogP contribution in [0.2, 0.25) is 5.02 Å². The second kappa shape index (κ2) is 9.87. The first-order chi connectivity index (χ1) is 14.0. The third kappa shape index (κ3) is 5.56. The monoisotopic (exact) mass is 420 g/mol. The van der Waals surface area contributed by atoms with E-state index in [2.05, 4.69) is 5.32 Å². The molecule has 0 bridgehead atoms. The fourth-order valence-corrected chi connectivity index (χ4v) is 4.18. The molecule has 2 aliphatic rings. The van der Waals surface area contributed by atoms with Gasteiger partial charge in [0.2, 0.25) is 11.8 Å². The minimum absolute atomic E-state index is 0.0138. The Balaban J connectivity index is 1.34. The van der Waals surface area contributed by atoms with Crippen molar-refractivity contribution in [3.63, 3.8) is 0 Å². The number of amides is 3. The number of benzene rings is 1. The quantitative estimate of drug-likeness (QED) is 0.513. The largest absolute Gasteiger partial charge is 0.456 e. The minimum Gasteiger partial charge on any atom is -0.456 e. The second-order valence-electron chi connectivity index (χ2n) is 7.47. The van der Waals surface area contributed by atoms with Gasteiger partial charge in [0.25, 0.3) is 5.91 Å². The van der Waals surface area contributed by atoms with Crippen LogP contribution in [0.1, 0.15) is 37.7 Å². The van der Waals surface area contributed by atoms with Crippen LogP contribution in [0.25, 0.3) is 0 Å². The van der Waals surface area contributed by atoms with Crippen molar-refractivity contribution in [1.82, 2.24) is 10.2 Å². The molecule has 0 radical (unpaired) electrons. The Morgan fingerprint density at radius 2 is 1.83 bits per heavy atom. The number of hydrogen-bond donors (Lipinski definition) is 1. The number of rotatable bonds is 8. The maximum atomic E-state index is 12.4. The molecule has 1 saturated carbocycles. The summed E-state index contributed by atoms with van der Waals surface area (Å²) in [5.74, 6) is -1.81. The van der Waals surface area contributed by atoms with Crippen molar-refractivity contribution in [2.45, 2.75) is 38.5 Å². The van der Waals surface area contributed by atoms with Gasteiger partial charge in [-0.15, -0.1) is 0 Å². The highest BCUT2D eigenvalue weighted by molar-refractivity contribution is 6.30. The molecule has 3 amide bonds. The Hall–Kier alpha value is -2.41. The van der Waals surface area contributed by atoms with Gasteiger partial charge in [-0.05, 0) is 37.0 Å². The molecule has 2 atom stereocenters. The van der Waals surface area contributed by atoms with E-state index in [1.54, 1.807) is 6.07 Å². The molecular weight excluding hydrogens is 396 g/mol. The van der Waals surface area contributed by atoms with Crippen molar-refractivity contribution in [2.75, 3.05) is 19.7 Å². The van der Waals surface area contributed by atoms with Crippen LogP contribution in [0.15, 0.2) is 24.3 Å². The van der Waals surface area contributed by atoms with Gasteiger partial charge in [0.15, 0.2) is 6.61 Å². The van der Waals surface area contributed by atoms with Crippen LogP contribution in [0.3, 0.4) is 0 Å². The zero-order valence-electron chi connectivity index (χ0n) is 16.2. The van der Waals surface area contributed by atoms with Crippen LogP contribution in [-0.2, 0) is 30.3 Å². The summed E-state index contributed by atoms with van der Waals surface area (Å²) in [5.41, 5.74) is 0.996. The molecular formula is C21H25ClN2O5. The number of esters is 1. The molecule has 1 saturated heterocycles. The summed E-state index contributed by atoms with van der Waals surface area (Å²) in [6.07, 6.45) is 3.91. The van der Waals surface area contributed by atoms with Crippen molar-refractivity contribution in [2.24, 2.45) is 11.8 Å². The number of hydrogen-bond acceptors (Lipinski definition) is 5. The van der Waals surface area contributed by atoms with E-state index in [9.17, 15) is 19.2 Å². The number of imide groups is 1. The number of halogens is 1. The van der Waals surface area contributed by atoms with Crippen LogP contribution < -0.4 is 5.32 Å². The fraction of sp³-hybridized carbons (Fsp3) is 0.524. The molecule has 1 aromatic rings. The number of likely N-dealkylation sites (tertiary alicyclic amines) is 1. The summed E-state index contributed by atoms with van der Waals surface area (Å²) >= 11 is 5.91. The highest BCUT2D eigenvalue weighted by Crippen LogP contribution is 2.37. The van der Waals surface area contributed by atoms with Crippen molar-refractivity contribution in [3.8, 4) is 0 Å². The lowest BCUT2D eigenvalue weighted by atomic mass is 9.81. The van der Waals surface area contributed by atoms with Crippen LogP contribution in [-0.4, -0.2) is 48.3 Å². The Morgan fingerprint density at radius 3 is 2.48 bits per heavy atom. The Morgan fingerprint density at radius 1 is 1.14 bits per heavy atom. The molecule has 0 spiro atoms. The van der Waals surface area contributed by atoms with E-state index < -0.39 is 11.9 Å². The summed E-state index contributed by atoms with van der Waals surface area (Å²) in [6, 6.07) is 7.35. The molecule has 1 aliphatic heterocycles. The van der Waals surface area contributed by atoms with E-state index in [1.807, 2.05) is 18.2 Å². The van der Waals surface area contributed by atoms with Gasteiger partial charge in [-0.3, -0.25) is 24.1 Å². The van der Waals surface area contributed by atoms with Gasteiger partial charge < -0.3 is 10.1 Å². The molecule has 3 rings (SSSR count). The predicted molar refractivity (Wildman–Crippen MR) is 106 cm³/mol. The van der Waals surface area contributed by atoms with E-state index in [4.69, 9.17) is 16.3 Å². The number of nitrogens with one attached hydrogen (secondary N) is 1. The smallest absolute Gasteiger partial charge is 0.308 e. The van der Waals surface area contributed by atoms with Crippen molar-refractivity contribution >= 4 is 35.3 Å². The summed E-state index contributed by atoms with van der Waals surface area (Å²) in [6.45, 7) is 0.0255. The lowest BCUT2D eigenvalue weighted by Gasteiger charge is -2.19. The Labute approximate surface area is 174 Å². The van der Waals surface area contributed by atoms with E-state index in [0.29, 0.717) is 18.0 Å².